The van der Waals surface area contributed by atoms with Crippen LogP contribution in [-0.2, 0) is 10.1 Å². The Labute approximate surface area is 283 Å². The summed E-state index contributed by atoms with van der Waals surface area (Å²) in [4.78, 5) is 0. The number of nitrogens with zero attached hydrogens (tertiary/aromatic N) is 1. The minimum atomic E-state index is -4.17. The van der Waals surface area contributed by atoms with Crippen LogP contribution in [0.1, 0.15) is 207 Å². The Kier molecular flexibility index (Phi) is 32.3. The first-order valence-electron chi connectivity index (χ1n) is 19.7. The number of hydrogen-bond acceptors (Lipinski definition) is 3. The summed E-state index contributed by atoms with van der Waals surface area (Å²) >= 11 is 0. The van der Waals surface area contributed by atoms with Gasteiger partial charge < -0.3 is 4.55 Å². The van der Waals surface area contributed by atoms with E-state index >= 15 is 0 Å². The average molecular weight is 652 g/mol. The molecule has 0 bridgehead atoms. The SMILES string of the molecule is CCCCCCCCCC/C=C/[N+](/C=C/CCCCCCCCCC)(/C=C/CCCCCCCCCC)CCCCS(=O)(=O)[O-]. The predicted octanol–water partition coefficient (Wildman–Crippen LogP) is 13.3. The van der Waals surface area contributed by atoms with Crippen molar-refractivity contribution < 1.29 is 17.5 Å². The van der Waals surface area contributed by atoms with Crippen molar-refractivity contribution in [2.24, 2.45) is 0 Å². The van der Waals surface area contributed by atoms with Crippen LogP contribution in [0, 0.1) is 0 Å². The van der Waals surface area contributed by atoms with Crippen LogP contribution in [0.3, 0.4) is 0 Å². The largest absolute Gasteiger partial charge is 0.748 e. The maximum atomic E-state index is 11.3. The van der Waals surface area contributed by atoms with Gasteiger partial charge in [-0.3, -0.25) is 0 Å². The molecule has 5 heteroatoms. The molecule has 0 N–H and O–H groups in total. The quantitative estimate of drug-likeness (QED) is 0.0389. The minimum absolute atomic E-state index is 0.265. The van der Waals surface area contributed by atoms with Crippen LogP contribution in [0.4, 0.5) is 0 Å². The highest BCUT2D eigenvalue weighted by molar-refractivity contribution is 7.85. The third-order valence-electron chi connectivity index (χ3n) is 9.01. The molecule has 0 heterocycles. The molecule has 4 nitrogen and oxygen atoms in total. The Morgan fingerprint density at radius 1 is 0.422 bits per heavy atom. The number of rotatable bonds is 35. The molecule has 266 valence electrons. The first-order valence-corrected chi connectivity index (χ1v) is 21.3. The highest BCUT2D eigenvalue weighted by atomic mass is 32.2. The van der Waals surface area contributed by atoms with Crippen molar-refractivity contribution in [1.29, 1.82) is 0 Å². The van der Waals surface area contributed by atoms with Crippen LogP contribution < -0.4 is 0 Å². The van der Waals surface area contributed by atoms with Gasteiger partial charge in [-0.15, -0.1) is 0 Å². The number of allylic oxidation sites excluding steroid dienone is 3. The van der Waals surface area contributed by atoms with Gasteiger partial charge in [-0.2, -0.15) is 0 Å². The van der Waals surface area contributed by atoms with E-state index in [0.717, 1.165) is 25.8 Å². The lowest BCUT2D eigenvalue weighted by atomic mass is 10.1. The van der Waals surface area contributed by atoms with E-state index in [1.54, 1.807) is 0 Å². The van der Waals surface area contributed by atoms with Crippen LogP contribution in [0.5, 0.6) is 0 Å². The molecule has 0 saturated carbocycles. The maximum Gasteiger partial charge on any atom is 0.101 e. The highest BCUT2D eigenvalue weighted by Gasteiger charge is 2.19. The number of quaternary nitrogens is 1. The molecule has 0 aliphatic heterocycles. The van der Waals surface area contributed by atoms with Gasteiger partial charge in [0.15, 0.2) is 0 Å². The van der Waals surface area contributed by atoms with E-state index in [1.165, 1.54) is 154 Å². The molecule has 0 aromatic heterocycles. The summed E-state index contributed by atoms with van der Waals surface area (Å²) in [5, 5.41) is 0. The summed E-state index contributed by atoms with van der Waals surface area (Å²) in [6.45, 7) is 7.61. The van der Waals surface area contributed by atoms with Gasteiger partial charge in [0.05, 0.1) is 16.7 Å². The van der Waals surface area contributed by atoms with Crippen LogP contribution in [0.15, 0.2) is 36.8 Å². The Hall–Kier alpha value is -0.910. The summed E-state index contributed by atoms with van der Waals surface area (Å²) in [5.41, 5.74) is 0. The summed E-state index contributed by atoms with van der Waals surface area (Å²) < 4.78 is 34.4. The van der Waals surface area contributed by atoms with Gasteiger partial charge in [0.1, 0.15) is 18.6 Å². The van der Waals surface area contributed by atoms with Crippen molar-refractivity contribution in [1.82, 2.24) is 0 Å². The zero-order valence-corrected chi connectivity index (χ0v) is 31.3. The van der Waals surface area contributed by atoms with Crippen molar-refractivity contribution in [3.63, 3.8) is 0 Å². The van der Waals surface area contributed by atoms with Crippen molar-refractivity contribution in [2.45, 2.75) is 207 Å². The topological polar surface area (TPSA) is 57.2 Å². The van der Waals surface area contributed by atoms with Crippen molar-refractivity contribution >= 4 is 10.1 Å². The van der Waals surface area contributed by atoms with E-state index < -0.39 is 10.1 Å². The highest BCUT2D eigenvalue weighted by Crippen LogP contribution is 2.19. The number of hydrogen-bond donors (Lipinski definition) is 0. The molecule has 0 saturated heterocycles. The van der Waals surface area contributed by atoms with Crippen molar-refractivity contribution in [2.75, 3.05) is 12.3 Å². The van der Waals surface area contributed by atoms with Gasteiger partial charge in [0, 0.05) is 5.75 Å². The van der Waals surface area contributed by atoms with Crippen LogP contribution >= 0.6 is 0 Å². The Bertz CT molecular complexity index is 728. The Balaban J connectivity index is 5.17. The van der Waals surface area contributed by atoms with E-state index in [0.29, 0.717) is 17.3 Å². The average Bonchev–Trinajstić information content (AvgIpc) is 3.01. The second kappa shape index (κ2) is 33.0. The molecule has 0 fully saturated rings. The van der Waals surface area contributed by atoms with Crippen LogP contribution in [0.2, 0.25) is 0 Å². The fourth-order valence-electron chi connectivity index (χ4n) is 6.04. The minimum Gasteiger partial charge on any atom is -0.748 e. The molecule has 0 rings (SSSR count). The number of unbranched alkanes of at least 4 members (excludes halogenated alkanes) is 25. The van der Waals surface area contributed by atoms with Gasteiger partial charge >= 0.3 is 0 Å². The fraction of sp³-hybridized carbons (Fsp3) is 0.850. The molecule has 45 heavy (non-hydrogen) atoms. The fourth-order valence-corrected chi connectivity index (χ4v) is 6.60. The van der Waals surface area contributed by atoms with Crippen molar-refractivity contribution in [3.8, 4) is 0 Å². The van der Waals surface area contributed by atoms with E-state index in [9.17, 15) is 13.0 Å². The summed E-state index contributed by atoms with van der Waals surface area (Å²) in [7, 11) is -4.17. The Morgan fingerprint density at radius 3 is 1.00 bits per heavy atom. The van der Waals surface area contributed by atoms with Crippen molar-refractivity contribution in [3.05, 3.63) is 36.8 Å². The van der Waals surface area contributed by atoms with Gasteiger partial charge in [-0.1, -0.05) is 156 Å². The predicted molar refractivity (Wildman–Crippen MR) is 198 cm³/mol. The molecule has 0 spiro atoms. The smallest absolute Gasteiger partial charge is 0.101 e. The van der Waals surface area contributed by atoms with Gasteiger partial charge in [-0.05, 0) is 69.6 Å². The molecular weight excluding hydrogens is 575 g/mol. The summed E-state index contributed by atoms with van der Waals surface area (Å²) in [6.07, 6.45) is 50.3. The second-order valence-corrected chi connectivity index (χ2v) is 15.2. The summed E-state index contributed by atoms with van der Waals surface area (Å²) in [6, 6.07) is 0. The standard InChI is InChI=1S/C40H77NO3S/c1-4-7-10-13-16-19-22-25-28-31-36-41(39-34-35-40-45(42,43)44,37-32-29-26-23-20-17-14-11-8-5-2)38-33-30-27-24-21-18-15-12-9-6-3/h31-33,36-38H,4-30,34-35,39-40H2,1-3H3/b36-31+,37-32+,38-33+. The molecular formula is C40H77NO3S. The van der Waals surface area contributed by atoms with E-state index in [2.05, 4.69) is 57.6 Å². The van der Waals surface area contributed by atoms with Crippen LogP contribution in [0.25, 0.3) is 0 Å². The second-order valence-electron chi connectivity index (χ2n) is 13.6. The molecule has 0 radical (unpaired) electrons. The molecule has 0 aromatic carbocycles. The summed E-state index contributed by atoms with van der Waals surface area (Å²) in [5.74, 6) is -0.265. The van der Waals surface area contributed by atoms with Gasteiger partial charge in [0.2, 0.25) is 0 Å². The molecule has 0 aliphatic carbocycles. The first kappa shape index (κ1) is 44.1. The zero-order chi connectivity index (χ0) is 33.2. The normalized spacial score (nSPS) is 12.9. The lowest BCUT2D eigenvalue weighted by Crippen LogP contribution is -2.32. The van der Waals surface area contributed by atoms with E-state index in [1.807, 2.05) is 0 Å². The molecule has 0 aromatic rings. The molecule has 0 amide bonds. The van der Waals surface area contributed by atoms with Gasteiger partial charge in [-0.25, -0.2) is 12.9 Å². The van der Waals surface area contributed by atoms with Crippen LogP contribution in [-0.4, -0.2) is 29.8 Å². The Morgan fingerprint density at radius 2 is 0.711 bits per heavy atom. The molecule has 0 unspecified atom stereocenters. The lowest BCUT2D eigenvalue weighted by molar-refractivity contribution is -0.774. The molecule has 0 aliphatic rings. The van der Waals surface area contributed by atoms with E-state index in [-0.39, 0.29) is 5.75 Å². The zero-order valence-electron chi connectivity index (χ0n) is 30.5. The third kappa shape index (κ3) is 32.8. The lowest BCUT2D eigenvalue weighted by Gasteiger charge is -2.27. The maximum absolute atomic E-state index is 11.3. The van der Waals surface area contributed by atoms with E-state index in [4.69, 9.17) is 0 Å². The third-order valence-corrected chi connectivity index (χ3v) is 9.80. The molecule has 0 atom stereocenters. The van der Waals surface area contributed by atoms with Gasteiger partial charge in [0.25, 0.3) is 0 Å². The monoisotopic (exact) mass is 652 g/mol. The first-order chi connectivity index (χ1) is 21.9.